The number of hydrogen-bond acceptors (Lipinski definition) is 2. The number of para-hydroxylation sites is 2. The van der Waals surface area contributed by atoms with Crippen molar-refractivity contribution in [2.45, 2.75) is 79.1 Å². The Morgan fingerprint density at radius 1 is 0.354 bits per heavy atom. The number of nitrogens with zero attached hydrogens (tertiary/aromatic N) is 2. The first kappa shape index (κ1) is 31.8. The van der Waals surface area contributed by atoms with Crippen LogP contribution in [0.3, 0.4) is 0 Å². The van der Waals surface area contributed by atoms with Crippen LogP contribution in [0.4, 0.5) is 11.4 Å². The lowest BCUT2D eigenvalue weighted by atomic mass is 9.92. The zero-order chi connectivity index (χ0) is 33.7. The first-order chi connectivity index (χ1) is 23.2. The second kappa shape index (κ2) is 12.7. The highest BCUT2D eigenvalue weighted by Crippen LogP contribution is 2.44. The van der Waals surface area contributed by atoms with Crippen LogP contribution in [0, 0.1) is 0 Å². The predicted octanol–water partition coefficient (Wildman–Crippen LogP) is 13.4. The van der Waals surface area contributed by atoms with Gasteiger partial charge in [-0.3, -0.25) is 0 Å². The van der Waals surface area contributed by atoms with E-state index in [2.05, 4.69) is 165 Å². The summed E-state index contributed by atoms with van der Waals surface area (Å²) in [6.07, 6.45) is 0. The van der Waals surface area contributed by atoms with Crippen molar-refractivity contribution < 1.29 is 0 Å². The lowest BCUT2D eigenvalue weighted by Crippen LogP contribution is -2.12. The fourth-order valence-electron chi connectivity index (χ4n) is 7.48. The van der Waals surface area contributed by atoms with Crippen LogP contribution in [-0.2, 0) is 0 Å². The van der Waals surface area contributed by atoms with Gasteiger partial charge in [0.25, 0.3) is 0 Å². The molecule has 0 spiro atoms. The van der Waals surface area contributed by atoms with Crippen molar-refractivity contribution in [1.82, 2.24) is 0 Å². The van der Waals surface area contributed by atoms with Gasteiger partial charge in [0, 0.05) is 16.5 Å². The average molecular weight is 627 g/mol. The molecule has 0 radical (unpaired) electrons. The van der Waals surface area contributed by atoms with E-state index in [0.717, 1.165) is 33.9 Å². The van der Waals surface area contributed by atoms with Crippen molar-refractivity contribution in [3.8, 4) is 11.1 Å². The van der Waals surface area contributed by atoms with Crippen molar-refractivity contribution in [2.24, 2.45) is 9.98 Å². The molecule has 2 heteroatoms. The molecule has 0 aliphatic heterocycles. The molecule has 0 atom stereocenters. The summed E-state index contributed by atoms with van der Waals surface area (Å²) in [5.74, 6) is 1.37. The van der Waals surface area contributed by atoms with Gasteiger partial charge in [-0.05, 0) is 73.2 Å². The van der Waals surface area contributed by atoms with E-state index in [1.165, 1.54) is 54.9 Å². The fourth-order valence-corrected chi connectivity index (χ4v) is 7.48. The Bertz CT molecular complexity index is 2100. The number of fused-ring (bicyclic) bond motifs is 1. The summed E-state index contributed by atoms with van der Waals surface area (Å²) in [5, 5.41) is 4.99. The van der Waals surface area contributed by atoms with Crippen LogP contribution in [0.2, 0.25) is 0 Å². The van der Waals surface area contributed by atoms with Gasteiger partial charge in [-0.1, -0.05) is 165 Å². The van der Waals surface area contributed by atoms with E-state index in [0.29, 0.717) is 23.7 Å². The van der Waals surface area contributed by atoms with Crippen LogP contribution < -0.4 is 0 Å². The largest absolute Gasteiger partial charge is 0.245 e. The molecule has 2 nitrogen and oxygen atoms in total. The van der Waals surface area contributed by atoms with Gasteiger partial charge >= 0.3 is 0 Å². The zero-order valence-electron chi connectivity index (χ0n) is 29.6. The quantitative estimate of drug-likeness (QED) is 0.168. The third-order valence-corrected chi connectivity index (χ3v) is 9.99. The molecule has 0 fully saturated rings. The molecular formula is C46H46N2. The van der Waals surface area contributed by atoms with Gasteiger partial charge in [0.2, 0.25) is 0 Å². The first-order valence-electron chi connectivity index (χ1n) is 17.6. The van der Waals surface area contributed by atoms with Crippen LogP contribution in [-0.4, -0.2) is 11.4 Å². The summed E-state index contributed by atoms with van der Waals surface area (Å²) < 4.78 is 0. The maximum atomic E-state index is 5.71. The SMILES string of the molecule is CC(C)c1cccc(C(C)C)c1N=C1C(=Nc2c(C(C)C)cccc2C(C)C)c2ccc(-c3cccc4ccccc34)c3cccc1c23. The van der Waals surface area contributed by atoms with Crippen LogP contribution in [0.1, 0.15) is 112 Å². The molecule has 240 valence electrons. The maximum absolute atomic E-state index is 5.71. The van der Waals surface area contributed by atoms with E-state index in [-0.39, 0.29) is 0 Å². The second-order valence-electron chi connectivity index (χ2n) is 14.5. The van der Waals surface area contributed by atoms with Crippen LogP contribution in [0.5, 0.6) is 0 Å². The van der Waals surface area contributed by atoms with Crippen molar-refractivity contribution >= 4 is 44.3 Å². The zero-order valence-corrected chi connectivity index (χ0v) is 29.6. The molecule has 0 unspecified atom stereocenters. The Morgan fingerprint density at radius 3 is 1.27 bits per heavy atom. The van der Waals surface area contributed by atoms with Crippen molar-refractivity contribution in [1.29, 1.82) is 0 Å². The van der Waals surface area contributed by atoms with Crippen molar-refractivity contribution in [3.05, 3.63) is 143 Å². The molecule has 0 heterocycles. The van der Waals surface area contributed by atoms with Gasteiger partial charge in [-0.15, -0.1) is 0 Å². The highest BCUT2D eigenvalue weighted by atomic mass is 14.9. The van der Waals surface area contributed by atoms with Crippen molar-refractivity contribution in [3.63, 3.8) is 0 Å². The minimum absolute atomic E-state index is 0.343. The Hall–Kier alpha value is -4.82. The monoisotopic (exact) mass is 626 g/mol. The Morgan fingerprint density at radius 2 is 0.729 bits per heavy atom. The summed E-state index contributed by atoms with van der Waals surface area (Å²) in [5.41, 5.74) is 14.0. The lowest BCUT2D eigenvalue weighted by molar-refractivity contribution is 0.834. The molecule has 0 saturated carbocycles. The van der Waals surface area contributed by atoms with E-state index in [4.69, 9.17) is 9.98 Å². The van der Waals surface area contributed by atoms with Gasteiger partial charge in [0.1, 0.15) is 0 Å². The molecule has 0 amide bonds. The second-order valence-corrected chi connectivity index (χ2v) is 14.5. The minimum atomic E-state index is 0.343. The standard InChI is InChI=1S/C46H46N2/c1-27(2)32-18-12-19-33(28(3)4)43(32)47-45-40-24-14-23-39-38(37-22-11-16-31-15-9-10-17-36(31)37)25-26-41(42(39)40)46(45)48-44-34(29(5)6)20-13-21-35(44)30(7)8/h9-30H,1-8H3. The molecule has 1 aliphatic carbocycles. The van der Waals surface area contributed by atoms with Gasteiger partial charge < -0.3 is 0 Å². The molecule has 6 aromatic carbocycles. The highest BCUT2D eigenvalue weighted by molar-refractivity contribution is 6.61. The summed E-state index contributed by atoms with van der Waals surface area (Å²) in [6.45, 7) is 18.2. The Balaban J connectivity index is 1.59. The third kappa shape index (κ3) is 5.38. The van der Waals surface area contributed by atoms with Crippen LogP contribution in [0.25, 0.3) is 32.7 Å². The summed E-state index contributed by atoms with van der Waals surface area (Å²) in [6, 6.07) is 40.0. The van der Waals surface area contributed by atoms with E-state index in [1.54, 1.807) is 0 Å². The molecule has 0 N–H and O–H groups in total. The van der Waals surface area contributed by atoms with Crippen LogP contribution in [0.15, 0.2) is 119 Å². The fraction of sp³-hybridized carbons (Fsp3) is 0.261. The maximum Gasteiger partial charge on any atom is 0.0979 e. The van der Waals surface area contributed by atoms with E-state index >= 15 is 0 Å². The molecule has 7 rings (SSSR count). The molecular weight excluding hydrogens is 581 g/mol. The molecule has 48 heavy (non-hydrogen) atoms. The van der Waals surface area contributed by atoms with Gasteiger partial charge in [-0.2, -0.15) is 0 Å². The minimum Gasteiger partial charge on any atom is -0.245 e. The smallest absolute Gasteiger partial charge is 0.0979 e. The Kier molecular flexibility index (Phi) is 8.37. The number of hydrogen-bond donors (Lipinski definition) is 0. The Labute approximate surface area is 286 Å². The third-order valence-electron chi connectivity index (χ3n) is 9.99. The van der Waals surface area contributed by atoms with Gasteiger partial charge in [0.05, 0.1) is 22.8 Å². The highest BCUT2D eigenvalue weighted by Gasteiger charge is 2.30. The van der Waals surface area contributed by atoms with Gasteiger partial charge in [0.15, 0.2) is 0 Å². The van der Waals surface area contributed by atoms with Crippen LogP contribution >= 0.6 is 0 Å². The molecule has 6 aromatic rings. The topological polar surface area (TPSA) is 24.7 Å². The number of rotatable bonds is 7. The summed E-state index contributed by atoms with van der Waals surface area (Å²) in [7, 11) is 0. The lowest BCUT2D eigenvalue weighted by Gasteiger charge is -2.19. The van der Waals surface area contributed by atoms with E-state index in [9.17, 15) is 0 Å². The average Bonchev–Trinajstić information content (AvgIpc) is 3.37. The van der Waals surface area contributed by atoms with Crippen molar-refractivity contribution in [2.75, 3.05) is 0 Å². The number of aliphatic imine (C=N–C) groups is 2. The normalized spacial score (nSPS) is 14.7. The molecule has 1 aliphatic rings. The molecule has 0 saturated heterocycles. The summed E-state index contributed by atoms with van der Waals surface area (Å²) >= 11 is 0. The summed E-state index contributed by atoms with van der Waals surface area (Å²) in [4.78, 5) is 11.4. The number of benzene rings is 6. The predicted molar refractivity (Wildman–Crippen MR) is 209 cm³/mol. The van der Waals surface area contributed by atoms with E-state index in [1.807, 2.05) is 0 Å². The molecule has 0 aromatic heterocycles. The van der Waals surface area contributed by atoms with Gasteiger partial charge in [-0.25, -0.2) is 9.98 Å². The molecule has 0 bridgehead atoms. The van der Waals surface area contributed by atoms with E-state index < -0.39 is 0 Å². The first-order valence-corrected chi connectivity index (χ1v) is 17.6.